The van der Waals surface area contributed by atoms with Gasteiger partial charge in [-0.3, -0.25) is 4.79 Å². The molecule has 27 heavy (non-hydrogen) atoms. The van der Waals surface area contributed by atoms with Crippen molar-refractivity contribution in [3.8, 4) is 6.07 Å². The third kappa shape index (κ3) is 5.45. The van der Waals surface area contributed by atoms with E-state index in [1.165, 1.54) is 5.56 Å². The number of carbonyl (C=O) groups is 1. The molecule has 1 aliphatic rings. The van der Waals surface area contributed by atoms with Crippen molar-refractivity contribution in [2.24, 2.45) is 5.73 Å². The Morgan fingerprint density at radius 3 is 2.85 bits per heavy atom. The quantitative estimate of drug-likeness (QED) is 0.421. The van der Waals surface area contributed by atoms with Gasteiger partial charge < -0.3 is 16.0 Å². The number of fused-ring (bicyclic) bond motifs is 1. The lowest BCUT2D eigenvalue weighted by atomic mass is 9.99. The highest BCUT2D eigenvalue weighted by molar-refractivity contribution is 5.96. The Kier molecular flexibility index (Phi) is 7.63. The lowest BCUT2D eigenvalue weighted by molar-refractivity contribution is -0.117. The summed E-state index contributed by atoms with van der Waals surface area (Å²) in [5, 5.41) is 12.5. The molecule has 1 atom stereocenters. The Balaban J connectivity index is 1.96. The summed E-state index contributed by atoms with van der Waals surface area (Å²) in [7, 11) is 0. The molecular formula is C22H30N4O. The van der Waals surface area contributed by atoms with Crippen LogP contribution >= 0.6 is 0 Å². The van der Waals surface area contributed by atoms with Crippen molar-refractivity contribution in [3.05, 3.63) is 52.6 Å². The maximum Gasteiger partial charge on any atom is 0.250 e. The summed E-state index contributed by atoms with van der Waals surface area (Å²) in [4.78, 5) is 14.3. The summed E-state index contributed by atoms with van der Waals surface area (Å²) in [5.41, 5.74) is 10.7. The number of hydrogen-bond acceptors (Lipinski definition) is 4. The summed E-state index contributed by atoms with van der Waals surface area (Å²) in [6, 6.07) is 6.59. The van der Waals surface area contributed by atoms with E-state index in [-0.39, 0.29) is 11.9 Å². The number of nitrogens with one attached hydrogen (secondary N) is 1. The zero-order valence-electron chi connectivity index (χ0n) is 16.6. The molecule has 0 aliphatic carbocycles. The van der Waals surface area contributed by atoms with Crippen molar-refractivity contribution in [2.45, 2.75) is 46.1 Å². The third-order valence-corrected chi connectivity index (χ3v) is 4.70. The number of nitrogens with two attached hydrogens (primary N) is 1. The monoisotopic (exact) mass is 366 g/mol. The van der Waals surface area contributed by atoms with Crippen LogP contribution < -0.4 is 16.0 Å². The molecule has 2 rings (SSSR count). The highest BCUT2D eigenvalue weighted by Gasteiger charge is 2.23. The normalized spacial score (nSPS) is 14.9. The molecule has 1 aliphatic heterocycles. The molecule has 3 N–H and O–H groups in total. The van der Waals surface area contributed by atoms with Gasteiger partial charge in [0, 0.05) is 31.2 Å². The lowest BCUT2D eigenvalue weighted by Crippen LogP contribution is -2.30. The summed E-state index contributed by atoms with van der Waals surface area (Å²) in [6.07, 6.45) is 8.06. The number of benzene rings is 1. The number of rotatable bonds is 8. The third-order valence-electron chi connectivity index (χ3n) is 4.70. The van der Waals surface area contributed by atoms with E-state index in [0.29, 0.717) is 12.1 Å². The summed E-state index contributed by atoms with van der Waals surface area (Å²) < 4.78 is 0. The van der Waals surface area contributed by atoms with Crippen LogP contribution in [0.15, 0.2) is 35.9 Å². The van der Waals surface area contributed by atoms with Crippen molar-refractivity contribution in [3.63, 3.8) is 0 Å². The van der Waals surface area contributed by atoms with Gasteiger partial charge in [0.25, 0.3) is 5.91 Å². The molecule has 0 radical (unpaired) electrons. The predicted octanol–water partition coefficient (Wildman–Crippen LogP) is 2.84. The Morgan fingerprint density at radius 1 is 1.44 bits per heavy atom. The van der Waals surface area contributed by atoms with Gasteiger partial charge in [-0.25, -0.2) is 0 Å². The van der Waals surface area contributed by atoms with E-state index in [2.05, 4.69) is 22.4 Å². The van der Waals surface area contributed by atoms with Crippen LogP contribution in [-0.2, 0) is 17.6 Å². The molecule has 0 saturated heterocycles. The second kappa shape index (κ2) is 9.94. The molecule has 0 spiro atoms. The highest BCUT2D eigenvalue weighted by atomic mass is 16.1. The standard InChI is InChI=1S/C22H30N4O/c1-4-7-18(5-2)22(27)25-9-6-10-26-11-8-19-13-17(12-16(3)24)14-20(15-23)21(19)26/h4-5,7,13-14,16H,6,8-12,24H2,1-3H3,(H,25,27)/b7-4-,18-5+/t16-/m1/s1. The predicted molar refractivity (Wildman–Crippen MR) is 111 cm³/mol. The van der Waals surface area contributed by atoms with Crippen LogP contribution in [0.4, 0.5) is 5.69 Å². The van der Waals surface area contributed by atoms with E-state index < -0.39 is 0 Å². The molecule has 1 aromatic rings. The summed E-state index contributed by atoms with van der Waals surface area (Å²) in [6.45, 7) is 8.09. The number of hydrogen-bond donors (Lipinski definition) is 2. The number of allylic oxidation sites excluding steroid dienone is 2. The Hall–Kier alpha value is -2.58. The van der Waals surface area contributed by atoms with E-state index in [1.54, 1.807) is 0 Å². The van der Waals surface area contributed by atoms with Crippen LogP contribution in [0.25, 0.3) is 0 Å². The van der Waals surface area contributed by atoms with Crippen LogP contribution in [-0.4, -0.2) is 31.6 Å². The van der Waals surface area contributed by atoms with E-state index in [1.807, 2.05) is 45.1 Å². The number of amides is 1. The van der Waals surface area contributed by atoms with E-state index >= 15 is 0 Å². The Labute approximate surface area is 162 Å². The highest BCUT2D eigenvalue weighted by Crippen LogP contribution is 2.33. The molecule has 1 aromatic carbocycles. The van der Waals surface area contributed by atoms with Gasteiger partial charge in [-0.15, -0.1) is 0 Å². The number of nitrogens with zero attached hydrogens (tertiary/aromatic N) is 2. The Bertz CT molecular complexity index is 771. The molecule has 0 bridgehead atoms. The minimum atomic E-state index is -0.0457. The second-order valence-corrected chi connectivity index (χ2v) is 7.03. The topological polar surface area (TPSA) is 82.2 Å². The van der Waals surface area contributed by atoms with Gasteiger partial charge in [0.05, 0.1) is 11.3 Å². The fraction of sp³-hybridized carbons (Fsp3) is 0.455. The van der Waals surface area contributed by atoms with Crippen molar-refractivity contribution in [1.82, 2.24) is 5.32 Å². The largest absolute Gasteiger partial charge is 0.370 e. The fourth-order valence-corrected chi connectivity index (χ4v) is 3.55. The number of nitriles is 1. The molecule has 0 saturated carbocycles. The molecule has 5 heteroatoms. The van der Waals surface area contributed by atoms with E-state index in [9.17, 15) is 10.1 Å². The van der Waals surface area contributed by atoms with Gasteiger partial charge in [-0.2, -0.15) is 5.26 Å². The summed E-state index contributed by atoms with van der Waals surface area (Å²) in [5.74, 6) is -0.0457. The minimum absolute atomic E-state index is 0.0457. The molecule has 0 fully saturated rings. The van der Waals surface area contributed by atoms with Crippen LogP contribution in [0.2, 0.25) is 0 Å². The van der Waals surface area contributed by atoms with Crippen LogP contribution in [0, 0.1) is 11.3 Å². The van der Waals surface area contributed by atoms with Crippen LogP contribution in [0.5, 0.6) is 0 Å². The summed E-state index contributed by atoms with van der Waals surface area (Å²) >= 11 is 0. The first-order chi connectivity index (χ1) is 13.0. The maximum atomic E-state index is 12.1. The number of carbonyl (C=O) groups excluding carboxylic acids is 1. The van der Waals surface area contributed by atoms with Gasteiger partial charge >= 0.3 is 0 Å². The van der Waals surface area contributed by atoms with Gasteiger partial charge in [-0.05, 0) is 57.2 Å². The SMILES string of the molecule is C/C=C\C(=C/C)C(=O)NCCCN1CCc2cc(C[C@@H](C)N)cc(C#N)c21. The molecule has 0 aromatic heterocycles. The molecule has 0 unspecified atom stereocenters. The molecular weight excluding hydrogens is 336 g/mol. The van der Waals surface area contributed by atoms with Gasteiger partial charge in [0.2, 0.25) is 0 Å². The zero-order chi connectivity index (χ0) is 19.8. The molecule has 5 nitrogen and oxygen atoms in total. The van der Waals surface area contributed by atoms with Crippen molar-refractivity contribution in [1.29, 1.82) is 5.26 Å². The van der Waals surface area contributed by atoms with Crippen molar-refractivity contribution >= 4 is 11.6 Å². The van der Waals surface area contributed by atoms with E-state index in [0.717, 1.165) is 49.2 Å². The number of anilines is 1. The Morgan fingerprint density at radius 2 is 2.22 bits per heavy atom. The van der Waals surface area contributed by atoms with Crippen LogP contribution in [0.1, 0.15) is 43.9 Å². The molecule has 1 amide bonds. The first kappa shape index (κ1) is 20.7. The van der Waals surface area contributed by atoms with Crippen molar-refractivity contribution in [2.75, 3.05) is 24.5 Å². The van der Waals surface area contributed by atoms with Crippen molar-refractivity contribution < 1.29 is 4.79 Å². The first-order valence-electron chi connectivity index (χ1n) is 9.63. The lowest BCUT2D eigenvalue weighted by Gasteiger charge is -2.21. The minimum Gasteiger partial charge on any atom is -0.370 e. The molecule has 1 heterocycles. The smallest absolute Gasteiger partial charge is 0.250 e. The first-order valence-corrected chi connectivity index (χ1v) is 9.63. The second-order valence-electron chi connectivity index (χ2n) is 7.03. The average molecular weight is 367 g/mol. The van der Waals surface area contributed by atoms with Gasteiger partial charge in [-0.1, -0.05) is 24.3 Å². The van der Waals surface area contributed by atoms with Crippen LogP contribution in [0.3, 0.4) is 0 Å². The van der Waals surface area contributed by atoms with Gasteiger partial charge in [0.15, 0.2) is 0 Å². The average Bonchev–Trinajstić information content (AvgIpc) is 3.04. The maximum absolute atomic E-state index is 12.1. The fourth-order valence-electron chi connectivity index (χ4n) is 3.55. The molecule has 144 valence electrons. The van der Waals surface area contributed by atoms with Gasteiger partial charge in [0.1, 0.15) is 6.07 Å². The van der Waals surface area contributed by atoms with E-state index in [4.69, 9.17) is 5.73 Å². The zero-order valence-corrected chi connectivity index (χ0v) is 16.6.